The number of hydrogen-bond donors (Lipinski definition) is 1. The first-order valence-corrected chi connectivity index (χ1v) is 10.2. The maximum absolute atomic E-state index is 12.3. The molecule has 4 aromatic heterocycles. The van der Waals surface area contributed by atoms with Crippen molar-refractivity contribution in [3.8, 4) is 21.1 Å². The molecule has 1 N–H and O–H groups in total. The van der Waals surface area contributed by atoms with Crippen molar-refractivity contribution in [1.82, 2.24) is 9.97 Å². The monoisotopic (exact) mass is 375 g/mol. The molecule has 0 unspecified atom stereocenters. The number of thiazole rings is 2. The van der Waals surface area contributed by atoms with Gasteiger partial charge in [0.25, 0.3) is 5.91 Å². The third-order valence-corrected chi connectivity index (χ3v) is 6.23. The van der Waals surface area contributed by atoms with E-state index in [1.807, 2.05) is 39.7 Å². The summed E-state index contributed by atoms with van der Waals surface area (Å²) < 4.78 is 0. The van der Waals surface area contributed by atoms with Crippen LogP contribution in [-0.4, -0.2) is 15.9 Å². The molecule has 4 heterocycles. The molecule has 0 aromatic carbocycles. The van der Waals surface area contributed by atoms with Crippen molar-refractivity contribution in [2.45, 2.75) is 0 Å². The van der Waals surface area contributed by atoms with E-state index < -0.39 is 0 Å². The van der Waals surface area contributed by atoms with E-state index in [4.69, 9.17) is 0 Å². The number of amides is 1. The second-order valence-corrected chi connectivity index (χ2v) is 7.96. The smallest absolute Gasteiger partial charge is 0.276 e. The van der Waals surface area contributed by atoms with Gasteiger partial charge in [0.05, 0.1) is 10.6 Å². The molecule has 0 saturated carbocycles. The lowest BCUT2D eigenvalue weighted by atomic mass is 10.3. The van der Waals surface area contributed by atoms with Crippen LogP contribution in [0.2, 0.25) is 0 Å². The lowest BCUT2D eigenvalue weighted by Gasteiger charge is -1.97. The molecule has 0 atom stereocenters. The first kappa shape index (κ1) is 14.7. The van der Waals surface area contributed by atoms with Crippen LogP contribution >= 0.6 is 45.3 Å². The van der Waals surface area contributed by atoms with Gasteiger partial charge in [-0.15, -0.1) is 34.0 Å². The predicted molar refractivity (Wildman–Crippen MR) is 98.8 cm³/mol. The fourth-order valence-electron chi connectivity index (χ4n) is 1.93. The SMILES string of the molecule is O=C(Nc1nc(-c2cccs2)cs1)c1csc(-c2ccsc2)n1. The Bertz CT molecular complexity index is 922. The van der Waals surface area contributed by atoms with Crippen LogP contribution in [0.25, 0.3) is 21.1 Å². The summed E-state index contributed by atoms with van der Waals surface area (Å²) in [7, 11) is 0. The van der Waals surface area contributed by atoms with Crippen molar-refractivity contribution < 1.29 is 4.79 Å². The Balaban J connectivity index is 1.50. The van der Waals surface area contributed by atoms with Gasteiger partial charge in [0.1, 0.15) is 10.7 Å². The van der Waals surface area contributed by atoms with Crippen LogP contribution in [-0.2, 0) is 0 Å². The van der Waals surface area contributed by atoms with E-state index in [0.29, 0.717) is 10.8 Å². The predicted octanol–water partition coefficient (Wildman–Crippen LogP) is 5.31. The second kappa shape index (κ2) is 6.32. The number of aromatic nitrogens is 2. The van der Waals surface area contributed by atoms with Crippen molar-refractivity contribution in [2.24, 2.45) is 0 Å². The van der Waals surface area contributed by atoms with Crippen LogP contribution in [0.15, 0.2) is 45.1 Å². The van der Waals surface area contributed by atoms with Crippen molar-refractivity contribution in [2.75, 3.05) is 5.32 Å². The first-order valence-electron chi connectivity index (χ1n) is 6.58. The number of thiophene rings is 2. The van der Waals surface area contributed by atoms with E-state index in [0.717, 1.165) is 21.1 Å². The molecular formula is C15H9N3OS4. The molecule has 23 heavy (non-hydrogen) atoms. The molecule has 1 amide bonds. The minimum Gasteiger partial charge on any atom is -0.296 e. The molecule has 0 spiro atoms. The molecule has 0 bridgehead atoms. The summed E-state index contributed by atoms with van der Waals surface area (Å²) in [6, 6.07) is 6.00. The number of nitrogens with one attached hydrogen (secondary N) is 1. The molecule has 8 heteroatoms. The fourth-order valence-corrected chi connectivity index (χ4v) is 4.91. The Labute approximate surface area is 148 Å². The normalized spacial score (nSPS) is 10.8. The molecule has 0 radical (unpaired) electrons. The molecule has 0 aliphatic rings. The van der Waals surface area contributed by atoms with Gasteiger partial charge in [-0.2, -0.15) is 11.3 Å². The lowest BCUT2D eigenvalue weighted by molar-refractivity contribution is 0.102. The number of rotatable bonds is 4. The highest BCUT2D eigenvalue weighted by atomic mass is 32.1. The van der Waals surface area contributed by atoms with Gasteiger partial charge in [-0.05, 0) is 22.9 Å². The average Bonchev–Trinajstić information content (AvgIpc) is 3.30. The third-order valence-electron chi connectivity index (χ3n) is 3.00. The van der Waals surface area contributed by atoms with Crippen LogP contribution in [0, 0.1) is 0 Å². The Morgan fingerprint density at radius 1 is 1.00 bits per heavy atom. The highest BCUT2D eigenvalue weighted by molar-refractivity contribution is 7.16. The molecule has 0 saturated heterocycles. The van der Waals surface area contributed by atoms with Crippen LogP contribution in [0.5, 0.6) is 0 Å². The number of carbonyl (C=O) groups excluding carboxylic acids is 1. The fraction of sp³-hybridized carbons (Fsp3) is 0. The van der Waals surface area contributed by atoms with E-state index in [9.17, 15) is 4.79 Å². The zero-order valence-corrected chi connectivity index (χ0v) is 14.8. The van der Waals surface area contributed by atoms with Crippen LogP contribution in [0.1, 0.15) is 10.5 Å². The highest BCUT2D eigenvalue weighted by Crippen LogP contribution is 2.29. The summed E-state index contributed by atoms with van der Waals surface area (Å²) in [6.45, 7) is 0. The van der Waals surface area contributed by atoms with Crippen molar-refractivity contribution >= 4 is 56.4 Å². The number of hydrogen-bond acceptors (Lipinski definition) is 7. The molecular weight excluding hydrogens is 366 g/mol. The Morgan fingerprint density at radius 2 is 1.96 bits per heavy atom. The quantitative estimate of drug-likeness (QED) is 0.526. The summed E-state index contributed by atoms with van der Waals surface area (Å²) >= 11 is 6.13. The summed E-state index contributed by atoms with van der Waals surface area (Å²) in [4.78, 5) is 22.2. The summed E-state index contributed by atoms with van der Waals surface area (Å²) in [5.74, 6) is -0.227. The van der Waals surface area contributed by atoms with Gasteiger partial charge in [-0.1, -0.05) is 6.07 Å². The van der Waals surface area contributed by atoms with Gasteiger partial charge >= 0.3 is 0 Å². The van der Waals surface area contributed by atoms with Crippen LogP contribution in [0.3, 0.4) is 0 Å². The largest absolute Gasteiger partial charge is 0.296 e. The van der Waals surface area contributed by atoms with Gasteiger partial charge in [-0.25, -0.2) is 9.97 Å². The molecule has 4 rings (SSSR count). The molecule has 0 aliphatic carbocycles. The Morgan fingerprint density at radius 3 is 2.74 bits per heavy atom. The van der Waals surface area contributed by atoms with Gasteiger partial charge < -0.3 is 0 Å². The topological polar surface area (TPSA) is 54.9 Å². The molecule has 4 aromatic rings. The van der Waals surface area contributed by atoms with Crippen molar-refractivity contribution in [3.05, 3.63) is 50.8 Å². The summed E-state index contributed by atoms with van der Waals surface area (Å²) in [5.41, 5.74) is 2.36. The molecule has 0 aliphatic heterocycles. The highest BCUT2D eigenvalue weighted by Gasteiger charge is 2.14. The van der Waals surface area contributed by atoms with E-state index in [1.165, 1.54) is 22.7 Å². The molecule has 114 valence electrons. The second-order valence-electron chi connectivity index (χ2n) is 4.52. The van der Waals surface area contributed by atoms with E-state index in [2.05, 4.69) is 15.3 Å². The summed E-state index contributed by atoms with van der Waals surface area (Å²) in [5, 5.41) is 14.0. The molecule has 4 nitrogen and oxygen atoms in total. The van der Waals surface area contributed by atoms with E-state index in [-0.39, 0.29) is 5.91 Å². The number of nitrogens with zero attached hydrogens (tertiary/aromatic N) is 2. The maximum atomic E-state index is 12.3. The maximum Gasteiger partial charge on any atom is 0.276 e. The van der Waals surface area contributed by atoms with Crippen molar-refractivity contribution in [3.63, 3.8) is 0 Å². The Kier molecular flexibility index (Phi) is 4.04. The lowest BCUT2D eigenvalue weighted by Crippen LogP contribution is -2.12. The zero-order chi connectivity index (χ0) is 15.6. The van der Waals surface area contributed by atoms with Crippen LogP contribution in [0.4, 0.5) is 5.13 Å². The van der Waals surface area contributed by atoms with Gasteiger partial charge in [0.15, 0.2) is 5.13 Å². The van der Waals surface area contributed by atoms with Crippen LogP contribution < -0.4 is 5.32 Å². The number of carbonyl (C=O) groups is 1. The minimum absolute atomic E-state index is 0.227. The van der Waals surface area contributed by atoms with Crippen molar-refractivity contribution in [1.29, 1.82) is 0 Å². The average molecular weight is 376 g/mol. The van der Waals surface area contributed by atoms with Gasteiger partial charge in [-0.3, -0.25) is 10.1 Å². The first-order chi connectivity index (χ1) is 11.3. The summed E-state index contributed by atoms with van der Waals surface area (Å²) in [6.07, 6.45) is 0. The molecule has 0 fully saturated rings. The standard InChI is InChI=1S/C15H9N3OS4/c19-13(11-8-22-14(16-11)9-3-5-20-6-9)18-15-17-10(7-23-15)12-2-1-4-21-12/h1-8H,(H,17,18,19). The zero-order valence-electron chi connectivity index (χ0n) is 11.6. The number of anilines is 1. The van der Waals surface area contributed by atoms with E-state index >= 15 is 0 Å². The van der Waals surface area contributed by atoms with Gasteiger partial charge in [0.2, 0.25) is 0 Å². The van der Waals surface area contributed by atoms with Gasteiger partial charge in [0, 0.05) is 21.7 Å². The minimum atomic E-state index is -0.227. The van der Waals surface area contributed by atoms with E-state index in [1.54, 1.807) is 28.1 Å². The third kappa shape index (κ3) is 3.11. The Hall–Kier alpha value is -1.87.